The van der Waals surface area contributed by atoms with Crippen LogP contribution >= 0.6 is 0 Å². The maximum atomic E-state index is 4.97. The predicted molar refractivity (Wildman–Crippen MR) is 136 cm³/mol. The highest BCUT2D eigenvalue weighted by molar-refractivity contribution is 5.86. The number of nitrogens with zero attached hydrogens (tertiary/aromatic N) is 3. The van der Waals surface area contributed by atoms with Crippen LogP contribution in [0, 0.1) is 6.92 Å². The quantitative estimate of drug-likeness (QED) is 0.518. The van der Waals surface area contributed by atoms with Gasteiger partial charge in [0.25, 0.3) is 0 Å². The summed E-state index contributed by atoms with van der Waals surface area (Å²) in [5.74, 6) is 1.40. The molecule has 0 bridgehead atoms. The summed E-state index contributed by atoms with van der Waals surface area (Å²) in [4.78, 5) is 9.32. The third-order valence-corrected chi connectivity index (χ3v) is 6.50. The topological polar surface area (TPSA) is 65.1 Å². The van der Waals surface area contributed by atoms with Gasteiger partial charge in [-0.3, -0.25) is 10.4 Å². The van der Waals surface area contributed by atoms with Crippen LogP contribution in [-0.2, 0) is 0 Å². The van der Waals surface area contributed by atoms with E-state index in [0.717, 1.165) is 58.2 Å². The lowest BCUT2D eigenvalue weighted by molar-refractivity contribution is 0.159. The van der Waals surface area contributed by atoms with Crippen LogP contribution < -0.4 is 16.1 Å². The van der Waals surface area contributed by atoms with Crippen LogP contribution in [-0.4, -0.2) is 35.1 Å². The summed E-state index contributed by atoms with van der Waals surface area (Å²) < 4.78 is 0. The second kappa shape index (κ2) is 9.17. The highest BCUT2D eigenvalue weighted by Gasteiger charge is 2.20. The fraction of sp³-hybridized carbons (Fsp3) is 0.259. The van der Waals surface area contributed by atoms with Crippen molar-refractivity contribution in [3.05, 3.63) is 83.8 Å². The summed E-state index contributed by atoms with van der Waals surface area (Å²) in [7, 11) is 2.00. The van der Waals surface area contributed by atoms with Gasteiger partial charge in [0.15, 0.2) is 0 Å². The van der Waals surface area contributed by atoms with E-state index in [2.05, 4.69) is 75.1 Å². The molecular formula is C27H30N6. The number of anilines is 2. The number of piperidine rings is 1. The zero-order chi connectivity index (χ0) is 22.8. The second-order valence-electron chi connectivity index (χ2n) is 8.76. The van der Waals surface area contributed by atoms with E-state index in [1.807, 2.05) is 32.6 Å². The van der Waals surface area contributed by atoms with E-state index in [1.54, 1.807) is 0 Å². The number of benzene rings is 1. The number of hydrogen-bond donors (Lipinski definition) is 3. The summed E-state index contributed by atoms with van der Waals surface area (Å²) in [5.41, 5.74) is 11.6. The van der Waals surface area contributed by atoms with Gasteiger partial charge < -0.3 is 10.6 Å². The zero-order valence-electron chi connectivity index (χ0n) is 19.2. The molecule has 1 fully saturated rings. The first kappa shape index (κ1) is 21.4. The van der Waals surface area contributed by atoms with Crippen molar-refractivity contribution in [2.24, 2.45) is 0 Å². The Labute approximate surface area is 195 Å². The summed E-state index contributed by atoms with van der Waals surface area (Å²) in [6.07, 6.45) is 10.0. The van der Waals surface area contributed by atoms with E-state index in [0.29, 0.717) is 5.92 Å². The molecule has 6 heteroatoms. The standard InChI is InChI=1S/C27H30N6/c1-18-14-23(17-29-16-18)25-15-22-8-11-30-19(2)26(22)27(32-25)31-24-6-4-20(5-7-24)21-9-12-33(28-3)13-10-21/h4-8,11,14-17,21,28,30H,2,9-10,12-13H2,1,3H3,(H,31,32). The molecule has 1 saturated heterocycles. The van der Waals surface area contributed by atoms with E-state index in [1.165, 1.54) is 18.4 Å². The number of nitrogens with one attached hydrogen (secondary N) is 3. The van der Waals surface area contributed by atoms with Crippen LogP contribution in [0.4, 0.5) is 11.5 Å². The highest BCUT2D eigenvalue weighted by Crippen LogP contribution is 2.34. The summed E-state index contributed by atoms with van der Waals surface area (Å²) >= 11 is 0. The van der Waals surface area contributed by atoms with Crippen molar-refractivity contribution in [2.45, 2.75) is 25.7 Å². The van der Waals surface area contributed by atoms with Gasteiger partial charge in [0.2, 0.25) is 0 Å². The minimum atomic E-state index is 0.612. The Morgan fingerprint density at radius 3 is 2.61 bits per heavy atom. The Morgan fingerprint density at radius 1 is 1.09 bits per heavy atom. The molecule has 3 N–H and O–H groups in total. The number of aromatic nitrogens is 2. The molecule has 0 spiro atoms. The molecule has 0 aliphatic carbocycles. The van der Waals surface area contributed by atoms with Crippen molar-refractivity contribution in [2.75, 3.05) is 25.5 Å². The van der Waals surface area contributed by atoms with E-state index >= 15 is 0 Å². The Morgan fingerprint density at radius 2 is 1.88 bits per heavy atom. The van der Waals surface area contributed by atoms with Gasteiger partial charge in [-0.15, -0.1) is 0 Å². The summed E-state index contributed by atoms with van der Waals surface area (Å²) in [6.45, 7) is 8.41. The maximum absolute atomic E-state index is 4.97. The third-order valence-electron chi connectivity index (χ3n) is 6.50. The average molecular weight is 439 g/mol. The van der Waals surface area contributed by atoms with Crippen molar-refractivity contribution in [3.63, 3.8) is 0 Å². The Hall–Kier alpha value is -3.48. The smallest absolute Gasteiger partial charge is 0.141 e. The molecule has 6 nitrogen and oxygen atoms in total. The second-order valence-corrected chi connectivity index (χ2v) is 8.76. The van der Waals surface area contributed by atoms with Crippen molar-refractivity contribution >= 4 is 23.3 Å². The molecule has 0 unspecified atom stereocenters. The number of aryl methyl sites for hydroxylation is 1. The SMILES string of the molecule is C=C1NC=Cc2cc(-c3cncc(C)c3)nc(Nc3ccc(C4CCN(NC)CC4)cc3)c21. The number of hydrogen-bond acceptors (Lipinski definition) is 6. The molecule has 0 saturated carbocycles. The molecule has 2 aliphatic heterocycles. The largest absolute Gasteiger partial charge is 0.362 e. The van der Waals surface area contributed by atoms with E-state index in [4.69, 9.17) is 4.98 Å². The molecule has 0 amide bonds. The lowest BCUT2D eigenvalue weighted by atomic mass is 9.90. The summed E-state index contributed by atoms with van der Waals surface area (Å²) in [6, 6.07) is 13.0. The predicted octanol–water partition coefficient (Wildman–Crippen LogP) is 5.05. The minimum Gasteiger partial charge on any atom is -0.362 e. The van der Waals surface area contributed by atoms with E-state index in [9.17, 15) is 0 Å². The monoisotopic (exact) mass is 438 g/mol. The van der Waals surface area contributed by atoms with Crippen LogP contribution in [0.1, 0.15) is 41.0 Å². The van der Waals surface area contributed by atoms with Gasteiger partial charge in [-0.2, -0.15) is 0 Å². The van der Waals surface area contributed by atoms with Crippen LogP contribution in [0.5, 0.6) is 0 Å². The fourth-order valence-electron chi connectivity index (χ4n) is 4.66. The molecule has 3 aromatic rings. The molecule has 2 aromatic heterocycles. The molecule has 0 atom stereocenters. The van der Waals surface area contributed by atoms with E-state index < -0.39 is 0 Å². The van der Waals surface area contributed by atoms with Crippen LogP contribution in [0.3, 0.4) is 0 Å². The van der Waals surface area contributed by atoms with Crippen molar-refractivity contribution in [3.8, 4) is 11.3 Å². The average Bonchev–Trinajstić information content (AvgIpc) is 2.84. The van der Waals surface area contributed by atoms with Crippen molar-refractivity contribution < 1.29 is 0 Å². The van der Waals surface area contributed by atoms with Gasteiger partial charge in [0.05, 0.1) is 5.69 Å². The van der Waals surface area contributed by atoms with Gasteiger partial charge in [-0.1, -0.05) is 18.7 Å². The van der Waals surface area contributed by atoms with Crippen molar-refractivity contribution in [1.29, 1.82) is 0 Å². The van der Waals surface area contributed by atoms with Gasteiger partial charge in [-0.05, 0) is 79.8 Å². The third kappa shape index (κ3) is 4.53. The molecule has 168 valence electrons. The molecule has 2 aliphatic rings. The molecular weight excluding hydrogens is 408 g/mol. The Bertz CT molecular complexity index is 1190. The van der Waals surface area contributed by atoms with Crippen LogP contribution in [0.25, 0.3) is 23.0 Å². The Balaban J connectivity index is 1.43. The lowest BCUT2D eigenvalue weighted by Crippen LogP contribution is -2.40. The minimum absolute atomic E-state index is 0.612. The van der Waals surface area contributed by atoms with Gasteiger partial charge in [0.1, 0.15) is 5.82 Å². The zero-order valence-corrected chi connectivity index (χ0v) is 19.2. The van der Waals surface area contributed by atoms with Crippen LogP contribution in [0.2, 0.25) is 0 Å². The van der Waals surface area contributed by atoms with Crippen molar-refractivity contribution in [1.82, 2.24) is 25.7 Å². The first-order chi connectivity index (χ1) is 16.1. The molecule has 0 radical (unpaired) electrons. The molecule has 4 heterocycles. The van der Waals surface area contributed by atoms with Gasteiger partial charge in [-0.25, -0.2) is 9.99 Å². The first-order valence-corrected chi connectivity index (χ1v) is 11.5. The molecule has 5 rings (SSSR count). The fourth-order valence-corrected chi connectivity index (χ4v) is 4.66. The summed E-state index contributed by atoms with van der Waals surface area (Å²) in [5, 5.41) is 9.05. The normalized spacial score (nSPS) is 16.4. The van der Waals surface area contributed by atoms with Gasteiger partial charge >= 0.3 is 0 Å². The number of hydrazine groups is 1. The highest BCUT2D eigenvalue weighted by atomic mass is 15.5. The number of pyridine rings is 2. The van der Waals surface area contributed by atoms with Crippen LogP contribution in [0.15, 0.2) is 61.6 Å². The molecule has 1 aromatic carbocycles. The number of fused-ring (bicyclic) bond motifs is 1. The lowest BCUT2D eigenvalue weighted by Gasteiger charge is -2.31. The Kier molecular flexibility index (Phi) is 5.94. The number of rotatable bonds is 5. The van der Waals surface area contributed by atoms with Gasteiger partial charge in [0, 0.05) is 54.2 Å². The maximum Gasteiger partial charge on any atom is 0.141 e. The van der Waals surface area contributed by atoms with E-state index in [-0.39, 0.29) is 0 Å². The first-order valence-electron chi connectivity index (χ1n) is 11.5. The molecule has 33 heavy (non-hydrogen) atoms.